The average Bonchev–Trinajstić information content (AvgIpc) is 3.42. The van der Waals surface area contributed by atoms with E-state index in [9.17, 15) is 14.4 Å². The standard InChI is InChI=1S/C34H48N2O7/c1-21(37)42-29-28(22-7-10-27(38)41-20-22)33(3)14-12-25-26(34(33)30(29)43-34)9-8-23-19-24(11-13-32(23,25)2)35(4)31(39)40-18-17-36-15-5-6-16-36/h7,10,20,23-26,28-30H,5-6,8-9,11-19H2,1-4H3/t23-,24+,25+,26-,28+,29-,30-,32+,33-,34-/m1/s1. The van der Waals surface area contributed by atoms with Gasteiger partial charge in [0.15, 0.2) is 0 Å². The molecule has 236 valence electrons. The molecule has 2 aliphatic heterocycles. The van der Waals surface area contributed by atoms with Gasteiger partial charge < -0.3 is 23.5 Å². The van der Waals surface area contributed by atoms with Crippen molar-refractivity contribution in [3.63, 3.8) is 0 Å². The molecule has 9 heteroatoms. The van der Waals surface area contributed by atoms with Gasteiger partial charge in [0.05, 0.1) is 6.26 Å². The lowest BCUT2D eigenvalue weighted by molar-refractivity contribution is -0.156. The molecule has 4 aliphatic carbocycles. The van der Waals surface area contributed by atoms with E-state index >= 15 is 0 Å². The number of likely N-dealkylation sites (tertiary alicyclic amines) is 1. The first kappa shape index (κ1) is 29.3. The van der Waals surface area contributed by atoms with Gasteiger partial charge >= 0.3 is 17.7 Å². The second-order valence-electron chi connectivity index (χ2n) is 14.9. The number of rotatable bonds is 6. The van der Waals surface area contributed by atoms with Crippen LogP contribution in [0.1, 0.15) is 90.0 Å². The number of epoxide rings is 1. The van der Waals surface area contributed by atoms with Crippen molar-refractivity contribution in [2.45, 2.75) is 108 Å². The molecule has 6 aliphatic rings. The van der Waals surface area contributed by atoms with Crippen LogP contribution in [0.3, 0.4) is 0 Å². The average molecular weight is 597 g/mol. The monoisotopic (exact) mass is 596 g/mol. The van der Waals surface area contributed by atoms with Crippen molar-refractivity contribution in [1.82, 2.24) is 9.80 Å². The van der Waals surface area contributed by atoms with Gasteiger partial charge in [0.2, 0.25) is 0 Å². The first-order valence-electron chi connectivity index (χ1n) is 16.6. The number of amides is 1. The van der Waals surface area contributed by atoms with Crippen LogP contribution in [0.4, 0.5) is 4.79 Å². The highest BCUT2D eigenvalue weighted by Crippen LogP contribution is 2.78. The van der Waals surface area contributed by atoms with Crippen LogP contribution in [-0.4, -0.2) is 79.0 Å². The van der Waals surface area contributed by atoms with Crippen molar-refractivity contribution in [1.29, 1.82) is 0 Å². The third-order valence-corrected chi connectivity index (χ3v) is 13.1. The molecule has 0 aromatic carbocycles. The Hall–Kier alpha value is -2.39. The Morgan fingerprint density at radius 3 is 2.58 bits per heavy atom. The first-order chi connectivity index (χ1) is 20.6. The lowest BCUT2D eigenvalue weighted by atomic mass is 9.44. The van der Waals surface area contributed by atoms with Gasteiger partial charge in [-0.15, -0.1) is 0 Å². The van der Waals surface area contributed by atoms with Crippen molar-refractivity contribution in [3.05, 3.63) is 34.4 Å². The normalized spacial score (nSPS) is 43.1. The van der Waals surface area contributed by atoms with Crippen LogP contribution >= 0.6 is 0 Å². The van der Waals surface area contributed by atoms with Crippen molar-refractivity contribution in [3.8, 4) is 0 Å². The van der Waals surface area contributed by atoms with Crippen molar-refractivity contribution in [2.24, 2.45) is 28.6 Å². The predicted molar refractivity (Wildman–Crippen MR) is 158 cm³/mol. The molecule has 43 heavy (non-hydrogen) atoms. The van der Waals surface area contributed by atoms with Crippen LogP contribution in [0.25, 0.3) is 0 Å². The number of ether oxygens (including phenoxy) is 3. The molecule has 2 saturated heterocycles. The highest BCUT2D eigenvalue weighted by molar-refractivity contribution is 5.68. The molecule has 1 spiro atoms. The van der Waals surface area contributed by atoms with Gasteiger partial charge in [-0.05, 0) is 106 Å². The maximum Gasteiger partial charge on any atom is 0.409 e. The van der Waals surface area contributed by atoms with E-state index in [1.54, 1.807) is 6.26 Å². The van der Waals surface area contributed by atoms with Crippen LogP contribution in [-0.2, 0) is 19.0 Å². The van der Waals surface area contributed by atoms with Crippen molar-refractivity contribution in [2.75, 3.05) is 33.3 Å². The Balaban J connectivity index is 1.07. The van der Waals surface area contributed by atoms with Crippen LogP contribution in [0, 0.1) is 28.6 Å². The highest BCUT2D eigenvalue weighted by atomic mass is 16.7. The maximum absolute atomic E-state index is 13.0. The lowest BCUT2D eigenvalue weighted by Crippen LogP contribution is -2.59. The fourth-order valence-corrected chi connectivity index (χ4v) is 11.0. The fourth-order valence-electron chi connectivity index (χ4n) is 11.0. The zero-order valence-corrected chi connectivity index (χ0v) is 26.2. The van der Waals surface area contributed by atoms with E-state index in [0.29, 0.717) is 24.4 Å². The number of nitrogens with zero attached hydrogens (tertiary/aromatic N) is 2. The summed E-state index contributed by atoms with van der Waals surface area (Å²) in [5.74, 6) is 1.08. The van der Waals surface area contributed by atoms with Gasteiger partial charge in [-0.3, -0.25) is 9.69 Å². The highest BCUT2D eigenvalue weighted by Gasteiger charge is 2.84. The Kier molecular flexibility index (Phi) is 7.23. The second kappa shape index (κ2) is 10.6. The summed E-state index contributed by atoms with van der Waals surface area (Å²) in [6, 6.07) is 3.52. The maximum atomic E-state index is 13.0. The van der Waals surface area contributed by atoms with E-state index in [1.807, 2.05) is 18.0 Å². The Bertz CT molecular complexity index is 1290. The molecule has 1 amide bonds. The van der Waals surface area contributed by atoms with Crippen molar-refractivity contribution >= 4 is 12.1 Å². The largest absolute Gasteiger partial charge is 0.459 e. The minimum atomic E-state index is -0.389. The summed E-state index contributed by atoms with van der Waals surface area (Å²) in [7, 11) is 1.92. The van der Waals surface area contributed by atoms with Crippen molar-refractivity contribution < 1.29 is 28.2 Å². The first-order valence-corrected chi connectivity index (χ1v) is 16.6. The second-order valence-corrected chi connectivity index (χ2v) is 14.9. The molecule has 0 radical (unpaired) electrons. The number of esters is 1. The van der Waals surface area contributed by atoms with Gasteiger partial charge in [0.25, 0.3) is 0 Å². The van der Waals surface area contributed by atoms with E-state index in [-0.39, 0.29) is 58.3 Å². The predicted octanol–water partition coefficient (Wildman–Crippen LogP) is 4.97. The molecule has 0 unspecified atom stereocenters. The van der Waals surface area contributed by atoms with E-state index in [0.717, 1.165) is 70.1 Å². The zero-order chi connectivity index (χ0) is 30.1. The fraction of sp³-hybridized carbons (Fsp3) is 0.794. The van der Waals surface area contributed by atoms with Crippen LogP contribution in [0.5, 0.6) is 0 Å². The summed E-state index contributed by atoms with van der Waals surface area (Å²) in [6.07, 6.45) is 10.7. The Labute approximate surface area is 254 Å². The number of fused-ring (bicyclic) bond motifs is 3. The summed E-state index contributed by atoms with van der Waals surface area (Å²) in [4.78, 5) is 41.3. The molecule has 7 rings (SSSR count). The summed E-state index contributed by atoms with van der Waals surface area (Å²) in [6.45, 7) is 9.80. The summed E-state index contributed by atoms with van der Waals surface area (Å²) in [5, 5.41) is 0. The molecular weight excluding hydrogens is 548 g/mol. The van der Waals surface area contributed by atoms with E-state index in [1.165, 1.54) is 25.8 Å². The Morgan fingerprint density at radius 1 is 1.07 bits per heavy atom. The smallest absolute Gasteiger partial charge is 0.409 e. The number of carbonyl (C=O) groups excluding carboxylic acids is 2. The zero-order valence-electron chi connectivity index (χ0n) is 26.2. The molecule has 1 aromatic heterocycles. The molecule has 0 N–H and O–H groups in total. The Morgan fingerprint density at radius 2 is 1.86 bits per heavy atom. The van der Waals surface area contributed by atoms with Gasteiger partial charge in [0, 0.05) is 44.0 Å². The summed E-state index contributed by atoms with van der Waals surface area (Å²) < 4.78 is 23.8. The van der Waals surface area contributed by atoms with E-state index < -0.39 is 0 Å². The van der Waals surface area contributed by atoms with Gasteiger partial charge in [-0.1, -0.05) is 13.8 Å². The topological polar surface area (TPSA) is 102 Å². The molecule has 3 heterocycles. The van der Waals surface area contributed by atoms with E-state index in [2.05, 4.69) is 18.7 Å². The van der Waals surface area contributed by atoms with Gasteiger partial charge in [-0.25, -0.2) is 9.59 Å². The molecule has 9 nitrogen and oxygen atoms in total. The molecule has 10 atom stereocenters. The van der Waals surface area contributed by atoms with Crippen LogP contribution in [0.15, 0.2) is 27.6 Å². The third kappa shape index (κ3) is 4.50. The molecule has 4 saturated carbocycles. The number of carbonyl (C=O) groups is 2. The minimum Gasteiger partial charge on any atom is -0.459 e. The molecule has 6 fully saturated rings. The molecular formula is C34H48N2O7. The number of hydrogen-bond acceptors (Lipinski definition) is 8. The molecule has 0 bridgehead atoms. The summed E-state index contributed by atoms with van der Waals surface area (Å²) in [5.41, 5.74) is 0.160. The van der Waals surface area contributed by atoms with E-state index in [4.69, 9.17) is 18.6 Å². The molecule has 1 aromatic rings. The third-order valence-electron chi connectivity index (χ3n) is 13.1. The minimum absolute atomic E-state index is 0.0770. The number of hydrogen-bond donors (Lipinski definition) is 0. The SMILES string of the molecule is CC(=O)O[C@H]1[C@H]2O[C@]23[C@@H]2CC[C@@H]4C[C@@H](N(C)C(=O)OCCN5CCCC5)CC[C@]4(C)[C@H]2CC[C@]3(C)[C@H]1c1ccc(=O)oc1. The van der Waals surface area contributed by atoms with Gasteiger partial charge in [0.1, 0.15) is 24.4 Å². The van der Waals surface area contributed by atoms with Gasteiger partial charge in [-0.2, -0.15) is 0 Å². The summed E-state index contributed by atoms with van der Waals surface area (Å²) >= 11 is 0. The lowest BCUT2D eigenvalue weighted by Gasteiger charge is -2.61. The quantitative estimate of drug-likeness (QED) is 0.335. The van der Waals surface area contributed by atoms with Crippen LogP contribution < -0.4 is 5.63 Å². The van der Waals surface area contributed by atoms with Crippen LogP contribution in [0.2, 0.25) is 0 Å².